The van der Waals surface area contributed by atoms with Gasteiger partial charge >= 0.3 is 0 Å². The summed E-state index contributed by atoms with van der Waals surface area (Å²) in [6.07, 6.45) is 1.99. The summed E-state index contributed by atoms with van der Waals surface area (Å²) >= 11 is 5.98. The molecule has 0 aliphatic carbocycles. The fraction of sp³-hybridized carbons (Fsp3) is 0.556. The van der Waals surface area contributed by atoms with Gasteiger partial charge in [0.15, 0.2) is 27.2 Å². The van der Waals surface area contributed by atoms with Gasteiger partial charge in [0.25, 0.3) is 0 Å². The van der Waals surface area contributed by atoms with Gasteiger partial charge in [0.05, 0.1) is 29.8 Å². The molecule has 4 rings (SSSR count). The lowest BCUT2D eigenvalue weighted by atomic mass is 9.80. The largest absolute Gasteiger partial charge is 0.490 e. The van der Waals surface area contributed by atoms with Crippen molar-refractivity contribution in [2.75, 3.05) is 26.4 Å². The van der Waals surface area contributed by atoms with Crippen molar-refractivity contribution in [2.45, 2.75) is 62.1 Å². The molecule has 0 saturated carbocycles. The third-order valence-corrected chi connectivity index (χ3v) is 9.37. The van der Waals surface area contributed by atoms with Crippen molar-refractivity contribution < 1.29 is 36.1 Å². The molecule has 0 amide bonds. The lowest BCUT2D eigenvalue weighted by molar-refractivity contribution is -0.302. The summed E-state index contributed by atoms with van der Waals surface area (Å²) in [6.45, 7) is 6.71. The van der Waals surface area contributed by atoms with Gasteiger partial charge in [-0.1, -0.05) is 24.9 Å². The quantitative estimate of drug-likeness (QED) is 0.346. The van der Waals surface area contributed by atoms with Crippen LogP contribution in [0.15, 0.2) is 41.3 Å². The zero-order valence-electron chi connectivity index (χ0n) is 21.2. The first-order chi connectivity index (χ1) is 17.5. The van der Waals surface area contributed by atoms with E-state index >= 15 is 4.39 Å². The van der Waals surface area contributed by atoms with E-state index in [9.17, 15) is 12.8 Å². The molecule has 0 bridgehead atoms. The van der Waals surface area contributed by atoms with Gasteiger partial charge in [-0.15, -0.1) is 0 Å². The molecule has 37 heavy (non-hydrogen) atoms. The first-order valence-electron chi connectivity index (χ1n) is 12.5. The summed E-state index contributed by atoms with van der Waals surface area (Å²) < 4.78 is 81.7. The molecule has 2 aliphatic rings. The minimum absolute atomic E-state index is 0.0409. The highest BCUT2D eigenvalue weighted by molar-refractivity contribution is 7.91. The molecule has 2 aliphatic heterocycles. The minimum atomic E-state index is -4.20. The van der Waals surface area contributed by atoms with E-state index in [1.54, 1.807) is 13.8 Å². The van der Waals surface area contributed by atoms with Crippen LogP contribution in [0.25, 0.3) is 0 Å². The zero-order valence-corrected chi connectivity index (χ0v) is 22.8. The first-order valence-corrected chi connectivity index (χ1v) is 14.5. The maximum absolute atomic E-state index is 15.3. The summed E-state index contributed by atoms with van der Waals surface area (Å²) in [5, 5.41) is -1.06. The number of hydrogen-bond acceptors (Lipinski definition) is 6. The second-order valence-corrected chi connectivity index (χ2v) is 12.5. The highest BCUT2D eigenvalue weighted by atomic mass is 35.5. The summed E-state index contributed by atoms with van der Waals surface area (Å²) in [4.78, 5) is -0.0409. The van der Waals surface area contributed by atoms with E-state index in [0.29, 0.717) is 24.7 Å². The molecular weight excluding hydrogens is 526 g/mol. The fourth-order valence-corrected chi connectivity index (χ4v) is 7.26. The maximum Gasteiger partial charge on any atom is 0.186 e. The number of fused-ring (bicyclic) bond motifs is 1. The monoisotopic (exact) mass is 558 g/mol. The highest BCUT2D eigenvalue weighted by Gasteiger charge is 2.51. The predicted octanol–water partition coefficient (Wildman–Crippen LogP) is 6.12. The van der Waals surface area contributed by atoms with Crippen molar-refractivity contribution in [3.63, 3.8) is 0 Å². The van der Waals surface area contributed by atoms with Crippen molar-refractivity contribution in [1.82, 2.24) is 0 Å². The smallest absolute Gasteiger partial charge is 0.186 e. The fourth-order valence-electron chi connectivity index (χ4n) is 5.06. The topological polar surface area (TPSA) is 71.1 Å². The predicted molar refractivity (Wildman–Crippen MR) is 135 cm³/mol. The van der Waals surface area contributed by atoms with Gasteiger partial charge in [-0.25, -0.2) is 17.2 Å². The van der Waals surface area contributed by atoms with Gasteiger partial charge in [-0.2, -0.15) is 0 Å². The Morgan fingerprint density at radius 3 is 2.43 bits per heavy atom. The molecule has 10 heteroatoms. The molecule has 2 aromatic carbocycles. The molecule has 2 aromatic rings. The number of ether oxygens (including phenoxy) is 4. The van der Waals surface area contributed by atoms with E-state index in [1.807, 2.05) is 0 Å². The molecule has 0 aromatic heterocycles. The second kappa shape index (κ2) is 11.5. The maximum atomic E-state index is 15.3. The van der Waals surface area contributed by atoms with Gasteiger partial charge in [0.1, 0.15) is 11.1 Å². The van der Waals surface area contributed by atoms with Crippen molar-refractivity contribution in [3.8, 4) is 5.75 Å². The van der Waals surface area contributed by atoms with E-state index in [4.69, 9.17) is 30.5 Å². The van der Waals surface area contributed by atoms with E-state index < -0.39 is 50.4 Å². The number of sulfone groups is 1. The molecule has 1 saturated heterocycles. The minimum Gasteiger partial charge on any atom is -0.490 e. The molecule has 2 heterocycles. The van der Waals surface area contributed by atoms with Crippen molar-refractivity contribution >= 4 is 21.4 Å². The molecule has 204 valence electrons. The van der Waals surface area contributed by atoms with E-state index in [2.05, 4.69) is 6.92 Å². The van der Waals surface area contributed by atoms with E-state index in [1.165, 1.54) is 24.3 Å². The van der Waals surface area contributed by atoms with Crippen LogP contribution >= 0.6 is 11.6 Å². The normalized spacial score (nSPS) is 25.4. The number of halogens is 3. The van der Waals surface area contributed by atoms with Crippen LogP contribution < -0.4 is 4.74 Å². The van der Waals surface area contributed by atoms with Crippen LogP contribution in [0.1, 0.15) is 50.8 Å². The Hall–Kier alpha value is -1.78. The Morgan fingerprint density at radius 2 is 1.73 bits per heavy atom. The molecule has 6 nitrogen and oxygen atoms in total. The number of hydrogen-bond donors (Lipinski definition) is 0. The molecule has 4 unspecified atom stereocenters. The van der Waals surface area contributed by atoms with Crippen molar-refractivity contribution in [3.05, 3.63) is 58.6 Å². The zero-order chi connectivity index (χ0) is 26.8. The van der Waals surface area contributed by atoms with E-state index in [-0.39, 0.29) is 29.4 Å². The van der Waals surface area contributed by atoms with Gasteiger partial charge in [-0.05, 0) is 63.1 Å². The summed E-state index contributed by atoms with van der Waals surface area (Å²) in [6, 6.07) is 7.52. The molecule has 0 N–H and O–H groups in total. The third kappa shape index (κ3) is 6.11. The van der Waals surface area contributed by atoms with Crippen molar-refractivity contribution in [1.29, 1.82) is 0 Å². The summed E-state index contributed by atoms with van der Waals surface area (Å²) in [7, 11) is -4.20. The van der Waals surface area contributed by atoms with Crippen LogP contribution in [0.4, 0.5) is 8.78 Å². The molecule has 4 atom stereocenters. The standard InChI is InChI=1S/C27H33ClF2O6S/c1-4-5-13-33-14-12-23-19(16-35-27(2,3)36-23)20-15-34-25-22(30)11-10-21(29)24(25)26(20)37(31,32)18-8-6-17(28)7-9-18/h6-11,19-20,23,26H,4-5,12-16H2,1-3H3. The average Bonchev–Trinajstić information content (AvgIpc) is 2.85. The number of benzene rings is 2. The van der Waals surface area contributed by atoms with Gasteiger partial charge < -0.3 is 18.9 Å². The number of unbranched alkanes of at least 4 members (excludes halogenated alkanes) is 1. The van der Waals surface area contributed by atoms with Crippen LogP contribution in [0, 0.1) is 23.5 Å². The van der Waals surface area contributed by atoms with Crippen LogP contribution in [0.5, 0.6) is 5.75 Å². The van der Waals surface area contributed by atoms with Gasteiger partial charge in [0.2, 0.25) is 0 Å². The highest BCUT2D eigenvalue weighted by Crippen LogP contribution is 2.50. The Balaban J connectivity index is 1.75. The molecule has 0 radical (unpaired) electrons. The SMILES string of the molecule is CCCCOCCC1OC(C)(C)OCC1C1COc2c(F)ccc(F)c2C1S(=O)(=O)c1ccc(Cl)cc1. The average molecular weight is 559 g/mol. The van der Waals surface area contributed by atoms with Crippen LogP contribution in [-0.4, -0.2) is 46.7 Å². The third-order valence-electron chi connectivity index (χ3n) is 6.94. The molecular formula is C27H33ClF2O6S. The Kier molecular flexibility index (Phi) is 8.80. The van der Waals surface area contributed by atoms with Crippen molar-refractivity contribution in [2.24, 2.45) is 11.8 Å². The van der Waals surface area contributed by atoms with Crippen LogP contribution in [0.3, 0.4) is 0 Å². The van der Waals surface area contributed by atoms with Gasteiger partial charge in [0, 0.05) is 30.1 Å². The van der Waals surface area contributed by atoms with Gasteiger partial charge in [-0.3, -0.25) is 0 Å². The van der Waals surface area contributed by atoms with Crippen LogP contribution in [0.2, 0.25) is 5.02 Å². The summed E-state index contributed by atoms with van der Waals surface area (Å²) in [5.74, 6) is -4.19. The van der Waals surface area contributed by atoms with E-state index in [0.717, 1.165) is 25.0 Å². The van der Waals surface area contributed by atoms with Crippen LogP contribution in [-0.2, 0) is 24.0 Å². The molecule has 1 fully saturated rings. The lowest BCUT2D eigenvalue weighted by Gasteiger charge is -2.46. The second-order valence-electron chi connectivity index (χ2n) is 9.95. The lowest BCUT2D eigenvalue weighted by Crippen LogP contribution is -2.52. The number of rotatable bonds is 9. The Labute approximate surface area is 222 Å². The Bertz CT molecular complexity index is 1190. The Morgan fingerprint density at radius 1 is 1.03 bits per heavy atom. The molecule has 0 spiro atoms. The summed E-state index contributed by atoms with van der Waals surface area (Å²) in [5.41, 5.74) is -0.311. The first kappa shape index (κ1) is 28.2.